The Hall–Kier alpha value is -0.840. The predicted molar refractivity (Wildman–Crippen MR) is 55.3 cm³/mol. The zero-order chi connectivity index (χ0) is 11.4. The molecule has 5 heteroatoms. The van der Waals surface area contributed by atoms with Gasteiger partial charge in [0.2, 0.25) is 0 Å². The molecule has 0 aliphatic heterocycles. The molecule has 80 valence electrons. The number of aliphatic carboxylic acids is 1. The molecule has 0 saturated carbocycles. The number of aliphatic imine (C=N–C) groups is 1. The first-order valence-corrected chi connectivity index (χ1v) is 4.56. The quantitative estimate of drug-likeness (QED) is 0.381. The number of carbonyl (C=O) groups is 1. The summed E-state index contributed by atoms with van der Waals surface area (Å²) in [6.45, 7) is 2.95. The van der Waals surface area contributed by atoms with Crippen LogP contribution >= 0.6 is 0 Å². The molecule has 1 aromatic carbocycles. The molecule has 1 aromatic rings. The van der Waals surface area contributed by atoms with Crippen LogP contribution in [0.25, 0.3) is 0 Å². The minimum atomic E-state index is -0.894. The van der Waals surface area contributed by atoms with Gasteiger partial charge in [-0.3, -0.25) is 9.79 Å². The maximum Gasteiger partial charge on any atom is 1.00 e. The number of benzene rings is 1. The van der Waals surface area contributed by atoms with Crippen LogP contribution in [0.15, 0.2) is 29.3 Å². The molecule has 0 radical (unpaired) electrons. The van der Waals surface area contributed by atoms with Crippen LogP contribution in [0.4, 0.5) is 5.69 Å². The Kier molecular flexibility index (Phi) is 6.33. The van der Waals surface area contributed by atoms with Gasteiger partial charge in [0.05, 0.1) is 11.6 Å². The van der Waals surface area contributed by atoms with E-state index in [2.05, 4.69) is 4.99 Å². The smallest absolute Gasteiger partial charge is 0.862 e. The van der Waals surface area contributed by atoms with Crippen LogP contribution < -0.4 is 34.7 Å². The van der Waals surface area contributed by atoms with Gasteiger partial charge in [-0.25, -0.2) is 0 Å². The maximum atomic E-state index is 10.7. The van der Waals surface area contributed by atoms with Crippen molar-refractivity contribution in [1.82, 2.24) is 0 Å². The zero-order valence-corrected chi connectivity index (χ0v) is 11.6. The van der Waals surface area contributed by atoms with Crippen LogP contribution in [0.2, 0.25) is 0 Å². The monoisotopic (exact) mass is 229 g/mol. The van der Waals surface area contributed by atoms with Crippen LogP contribution in [-0.4, -0.2) is 17.0 Å². The van der Waals surface area contributed by atoms with Crippen molar-refractivity contribution in [2.45, 2.75) is 19.8 Å². The first kappa shape index (κ1) is 15.2. The average molecular weight is 229 g/mol. The molecule has 0 aliphatic carbocycles. The van der Waals surface area contributed by atoms with Gasteiger partial charge in [0.15, 0.2) is 0 Å². The molecule has 0 heterocycles. The summed E-state index contributed by atoms with van der Waals surface area (Å²) in [4.78, 5) is 14.5. The van der Waals surface area contributed by atoms with E-state index in [1.54, 1.807) is 31.2 Å². The van der Waals surface area contributed by atoms with Gasteiger partial charge in [0, 0.05) is 0 Å². The summed E-state index contributed by atoms with van der Waals surface area (Å²) in [5.41, 5.74) is 1.14. The Morgan fingerprint density at radius 2 is 2.12 bits per heavy atom. The van der Waals surface area contributed by atoms with Crippen molar-refractivity contribution in [2.75, 3.05) is 0 Å². The van der Waals surface area contributed by atoms with Crippen LogP contribution in [-0.2, 0) is 4.79 Å². The standard InChI is InChI=1S/C11H13NO3.Na/c1-7(11(14)15)9-4-3-5-10(6-9)12-8(2)13;/h3-7H,1-2H3,(H,12,13)(H,14,15);/q;+1/p-1/t7-;/m0./s1. The molecule has 16 heavy (non-hydrogen) atoms. The Morgan fingerprint density at radius 1 is 1.50 bits per heavy atom. The Morgan fingerprint density at radius 3 is 2.62 bits per heavy atom. The summed E-state index contributed by atoms with van der Waals surface area (Å²) in [5, 5.41) is 19.6. The van der Waals surface area contributed by atoms with Crippen molar-refractivity contribution in [3.63, 3.8) is 0 Å². The zero-order valence-electron chi connectivity index (χ0n) is 9.60. The van der Waals surface area contributed by atoms with Crippen LogP contribution in [0.1, 0.15) is 25.3 Å². The van der Waals surface area contributed by atoms with Gasteiger partial charge in [-0.1, -0.05) is 12.1 Å². The molecule has 1 N–H and O–H groups in total. The molecule has 4 nitrogen and oxygen atoms in total. The van der Waals surface area contributed by atoms with Gasteiger partial charge in [-0.15, -0.1) is 0 Å². The molecular weight excluding hydrogens is 217 g/mol. The summed E-state index contributed by atoms with van der Waals surface area (Å²) in [6.07, 6.45) is 0. The van der Waals surface area contributed by atoms with Gasteiger partial charge in [0.25, 0.3) is 0 Å². The van der Waals surface area contributed by atoms with E-state index in [-0.39, 0.29) is 35.5 Å². The fraction of sp³-hybridized carbons (Fsp3) is 0.273. The van der Waals surface area contributed by atoms with E-state index in [1.165, 1.54) is 6.92 Å². The summed E-state index contributed by atoms with van der Waals surface area (Å²) in [6, 6.07) is 6.67. The second kappa shape index (κ2) is 6.68. The number of hydrogen-bond donors (Lipinski definition) is 1. The third-order valence-electron chi connectivity index (χ3n) is 2.03. The Labute approximate surface area is 116 Å². The fourth-order valence-electron chi connectivity index (χ4n) is 1.19. The fourth-order valence-corrected chi connectivity index (χ4v) is 1.19. The SMILES string of the molecule is CC([O-])=Nc1cccc([C@H](C)C(=O)O)c1.[Na+]. The molecule has 0 saturated heterocycles. The van der Waals surface area contributed by atoms with E-state index in [0.717, 1.165) is 0 Å². The predicted octanol–water partition coefficient (Wildman–Crippen LogP) is -1.71. The molecule has 0 fully saturated rings. The number of hydrogen-bond acceptors (Lipinski definition) is 3. The molecule has 1 rings (SSSR count). The van der Waals surface area contributed by atoms with Gasteiger partial charge in [-0.2, -0.15) is 0 Å². The molecule has 0 aliphatic rings. The molecule has 1 atom stereocenters. The van der Waals surface area contributed by atoms with Gasteiger partial charge < -0.3 is 10.2 Å². The van der Waals surface area contributed by atoms with Crippen molar-refractivity contribution in [3.05, 3.63) is 29.8 Å². The van der Waals surface area contributed by atoms with E-state index >= 15 is 0 Å². The Bertz CT molecular complexity index is 400. The first-order chi connectivity index (χ1) is 7.00. The number of carboxylic acids is 1. The molecule has 0 amide bonds. The summed E-state index contributed by atoms with van der Waals surface area (Å²) in [7, 11) is 0. The normalized spacial score (nSPS) is 12.8. The van der Waals surface area contributed by atoms with Crippen LogP contribution in [0, 0.1) is 0 Å². The van der Waals surface area contributed by atoms with Crippen molar-refractivity contribution in [1.29, 1.82) is 0 Å². The second-order valence-corrected chi connectivity index (χ2v) is 3.29. The topological polar surface area (TPSA) is 72.7 Å². The molecule has 0 spiro atoms. The summed E-state index contributed by atoms with van der Waals surface area (Å²) in [5.74, 6) is -1.78. The van der Waals surface area contributed by atoms with Crippen molar-refractivity contribution < 1.29 is 44.6 Å². The molecule has 0 aromatic heterocycles. The largest absolute Gasteiger partial charge is 1.00 e. The number of nitrogens with zero attached hydrogens (tertiary/aromatic N) is 1. The van der Waals surface area contributed by atoms with E-state index in [9.17, 15) is 9.90 Å². The maximum absolute atomic E-state index is 10.7. The van der Waals surface area contributed by atoms with Crippen molar-refractivity contribution in [3.8, 4) is 0 Å². The number of carboxylic acid groups (broad SMARTS) is 1. The van der Waals surface area contributed by atoms with Crippen LogP contribution in [0.5, 0.6) is 0 Å². The van der Waals surface area contributed by atoms with Crippen LogP contribution in [0.3, 0.4) is 0 Å². The Balaban J connectivity index is 0.00000225. The second-order valence-electron chi connectivity index (χ2n) is 3.29. The molecular formula is C11H12NNaO3. The molecule has 0 bridgehead atoms. The third-order valence-corrected chi connectivity index (χ3v) is 2.03. The third kappa shape index (κ3) is 4.35. The van der Waals surface area contributed by atoms with Crippen molar-refractivity contribution in [2.24, 2.45) is 4.99 Å². The van der Waals surface area contributed by atoms with Gasteiger partial charge >= 0.3 is 35.5 Å². The first-order valence-electron chi connectivity index (χ1n) is 4.56. The minimum Gasteiger partial charge on any atom is -0.862 e. The van der Waals surface area contributed by atoms with Gasteiger partial charge in [0.1, 0.15) is 0 Å². The molecule has 0 unspecified atom stereocenters. The van der Waals surface area contributed by atoms with Gasteiger partial charge in [-0.05, 0) is 37.4 Å². The summed E-state index contributed by atoms with van der Waals surface area (Å²) < 4.78 is 0. The van der Waals surface area contributed by atoms with E-state index in [1.807, 2.05) is 0 Å². The number of rotatable bonds is 3. The average Bonchev–Trinajstić information content (AvgIpc) is 2.16. The van der Waals surface area contributed by atoms with E-state index < -0.39 is 11.9 Å². The van der Waals surface area contributed by atoms with E-state index in [4.69, 9.17) is 5.11 Å². The van der Waals surface area contributed by atoms with E-state index in [0.29, 0.717) is 11.3 Å². The summed E-state index contributed by atoms with van der Waals surface area (Å²) >= 11 is 0. The van der Waals surface area contributed by atoms with Crippen molar-refractivity contribution >= 4 is 17.6 Å². The minimum absolute atomic E-state index is 0.